The van der Waals surface area contributed by atoms with Gasteiger partial charge in [-0.2, -0.15) is 0 Å². The number of carbonyl (C=O) groups excluding carboxylic acids is 1. The Balaban J connectivity index is 1.90. The monoisotopic (exact) mass is 334 g/mol. The average Bonchev–Trinajstić information content (AvgIpc) is 2.97. The molecule has 1 unspecified atom stereocenters. The van der Waals surface area contributed by atoms with E-state index in [-0.39, 0.29) is 11.9 Å². The maximum absolute atomic E-state index is 12.3. The highest BCUT2D eigenvalue weighted by molar-refractivity contribution is 7.99. The lowest BCUT2D eigenvalue weighted by Gasteiger charge is -2.25. The smallest absolute Gasteiger partial charge is 0.233 e. The van der Waals surface area contributed by atoms with Crippen LogP contribution in [0.15, 0.2) is 29.4 Å². The first-order chi connectivity index (χ1) is 11.0. The summed E-state index contributed by atoms with van der Waals surface area (Å²) in [5.74, 6) is 1.98. The Morgan fingerprint density at radius 2 is 2.17 bits per heavy atom. The molecule has 1 atom stereocenters. The van der Waals surface area contributed by atoms with Gasteiger partial charge in [0.2, 0.25) is 11.1 Å². The van der Waals surface area contributed by atoms with Crippen LogP contribution in [0.1, 0.15) is 18.3 Å². The van der Waals surface area contributed by atoms with Crippen molar-refractivity contribution in [2.45, 2.75) is 31.5 Å². The van der Waals surface area contributed by atoms with Gasteiger partial charge in [-0.25, -0.2) is 4.98 Å². The Morgan fingerprint density at radius 3 is 2.83 bits per heavy atom. The molecule has 0 saturated carbocycles. The third kappa shape index (κ3) is 4.72. The second-order valence-corrected chi connectivity index (χ2v) is 6.30. The number of amides is 1. The van der Waals surface area contributed by atoms with Crippen LogP contribution in [-0.2, 0) is 11.2 Å². The quantitative estimate of drug-likeness (QED) is 0.787. The highest BCUT2D eigenvalue weighted by atomic mass is 32.2. The maximum Gasteiger partial charge on any atom is 0.233 e. The Bertz CT molecular complexity index is 659. The van der Waals surface area contributed by atoms with Gasteiger partial charge in [-0.3, -0.25) is 9.89 Å². The molecule has 7 heteroatoms. The van der Waals surface area contributed by atoms with Gasteiger partial charge >= 0.3 is 0 Å². The Kier molecular flexibility index (Phi) is 6.04. The standard InChI is InChI=1S/C16H22N4O2S/c1-11(9-13-7-5-6-8-14(13)22-4)20(3)15(21)10-23-16-17-12(2)18-19-16/h5-8,11H,9-10H2,1-4H3,(H,17,18,19). The second kappa shape index (κ2) is 8.01. The number of likely N-dealkylation sites (N-methyl/N-ethyl adjacent to an activating group) is 1. The summed E-state index contributed by atoms with van der Waals surface area (Å²) < 4.78 is 5.37. The van der Waals surface area contributed by atoms with Crippen LogP contribution in [0.4, 0.5) is 0 Å². The fraction of sp³-hybridized carbons (Fsp3) is 0.438. The van der Waals surface area contributed by atoms with E-state index in [0.29, 0.717) is 10.9 Å². The van der Waals surface area contributed by atoms with Crippen molar-refractivity contribution in [3.8, 4) is 5.75 Å². The zero-order chi connectivity index (χ0) is 16.8. The second-order valence-electron chi connectivity index (χ2n) is 5.36. The number of nitrogens with zero attached hydrogens (tertiary/aromatic N) is 3. The van der Waals surface area contributed by atoms with Crippen LogP contribution in [0.5, 0.6) is 5.75 Å². The van der Waals surface area contributed by atoms with Gasteiger partial charge < -0.3 is 9.64 Å². The number of aromatic amines is 1. The van der Waals surface area contributed by atoms with Crippen molar-refractivity contribution in [2.24, 2.45) is 0 Å². The molecule has 2 rings (SSSR count). The minimum Gasteiger partial charge on any atom is -0.496 e. The number of aryl methyl sites for hydroxylation is 1. The Hall–Kier alpha value is -2.02. The fourth-order valence-corrected chi connectivity index (χ4v) is 2.96. The summed E-state index contributed by atoms with van der Waals surface area (Å²) in [6, 6.07) is 7.96. The van der Waals surface area contributed by atoms with Crippen molar-refractivity contribution < 1.29 is 9.53 Å². The highest BCUT2D eigenvalue weighted by Crippen LogP contribution is 2.21. The molecule has 0 aliphatic heterocycles. The largest absolute Gasteiger partial charge is 0.496 e. The molecule has 0 spiro atoms. The number of benzene rings is 1. The first-order valence-electron chi connectivity index (χ1n) is 7.40. The lowest BCUT2D eigenvalue weighted by molar-refractivity contribution is -0.128. The summed E-state index contributed by atoms with van der Waals surface area (Å²) >= 11 is 1.34. The first-order valence-corrected chi connectivity index (χ1v) is 8.39. The topological polar surface area (TPSA) is 71.1 Å². The van der Waals surface area contributed by atoms with Crippen LogP contribution in [-0.4, -0.2) is 51.9 Å². The summed E-state index contributed by atoms with van der Waals surface area (Å²) in [5.41, 5.74) is 1.10. The molecule has 124 valence electrons. The summed E-state index contributed by atoms with van der Waals surface area (Å²) in [6.07, 6.45) is 0.747. The number of thioether (sulfide) groups is 1. The molecule has 1 aromatic heterocycles. The molecule has 0 aliphatic carbocycles. The average molecular weight is 334 g/mol. The molecule has 6 nitrogen and oxygen atoms in total. The predicted octanol–water partition coefficient (Wildman–Crippen LogP) is 2.30. The third-order valence-electron chi connectivity index (χ3n) is 3.66. The van der Waals surface area contributed by atoms with Crippen molar-refractivity contribution >= 4 is 17.7 Å². The normalized spacial score (nSPS) is 12.0. The van der Waals surface area contributed by atoms with Gasteiger partial charge in [0.15, 0.2) is 0 Å². The molecule has 23 heavy (non-hydrogen) atoms. The van der Waals surface area contributed by atoms with Crippen LogP contribution in [0.3, 0.4) is 0 Å². The minimum atomic E-state index is 0.0554. The van der Waals surface area contributed by atoms with Gasteiger partial charge in [-0.1, -0.05) is 30.0 Å². The van der Waals surface area contributed by atoms with Crippen molar-refractivity contribution in [1.29, 1.82) is 0 Å². The maximum atomic E-state index is 12.3. The number of methoxy groups -OCH3 is 1. The molecule has 1 amide bonds. The van der Waals surface area contributed by atoms with Crippen molar-refractivity contribution in [3.63, 3.8) is 0 Å². The number of aromatic nitrogens is 3. The minimum absolute atomic E-state index is 0.0554. The molecular formula is C16H22N4O2S. The van der Waals surface area contributed by atoms with Crippen LogP contribution in [0.2, 0.25) is 0 Å². The van der Waals surface area contributed by atoms with E-state index in [4.69, 9.17) is 4.74 Å². The predicted molar refractivity (Wildman–Crippen MR) is 90.8 cm³/mol. The van der Waals surface area contributed by atoms with E-state index in [0.717, 1.165) is 23.6 Å². The first kappa shape index (κ1) is 17.3. The zero-order valence-corrected chi connectivity index (χ0v) is 14.7. The molecule has 0 aliphatic rings. The van der Waals surface area contributed by atoms with E-state index < -0.39 is 0 Å². The Labute approximate surface area is 140 Å². The van der Waals surface area contributed by atoms with Crippen LogP contribution < -0.4 is 4.74 Å². The van der Waals surface area contributed by atoms with Crippen LogP contribution >= 0.6 is 11.8 Å². The molecule has 1 N–H and O–H groups in total. The van der Waals surface area contributed by atoms with Crippen molar-refractivity contribution in [2.75, 3.05) is 19.9 Å². The number of hydrogen-bond donors (Lipinski definition) is 1. The van der Waals surface area contributed by atoms with Crippen LogP contribution in [0.25, 0.3) is 0 Å². The summed E-state index contributed by atoms with van der Waals surface area (Å²) in [4.78, 5) is 18.3. The highest BCUT2D eigenvalue weighted by Gasteiger charge is 2.18. The molecule has 0 saturated heterocycles. The number of ether oxygens (including phenoxy) is 1. The number of carbonyl (C=O) groups is 1. The summed E-state index contributed by atoms with van der Waals surface area (Å²) in [7, 11) is 3.49. The molecule has 0 bridgehead atoms. The molecule has 1 heterocycles. The SMILES string of the molecule is COc1ccccc1CC(C)N(C)C(=O)CSc1n[nH]c(C)n1. The van der Waals surface area contributed by atoms with Gasteiger partial charge in [0, 0.05) is 13.1 Å². The number of rotatable bonds is 7. The van der Waals surface area contributed by atoms with E-state index >= 15 is 0 Å². The van der Waals surface area contributed by atoms with E-state index in [2.05, 4.69) is 15.2 Å². The molecular weight excluding hydrogens is 312 g/mol. The molecule has 2 aromatic rings. The zero-order valence-electron chi connectivity index (χ0n) is 13.9. The third-order valence-corrected chi connectivity index (χ3v) is 4.50. The van der Waals surface area contributed by atoms with Gasteiger partial charge in [0.25, 0.3) is 0 Å². The van der Waals surface area contributed by atoms with Gasteiger partial charge in [-0.05, 0) is 31.9 Å². The summed E-state index contributed by atoms with van der Waals surface area (Å²) in [6.45, 7) is 3.87. The number of para-hydroxylation sites is 1. The number of hydrogen-bond acceptors (Lipinski definition) is 5. The fourth-order valence-electron chi connectivity index (χ4n) is 2.19. The van der Waals surface area contributed by atoms with E-state index in [1.807, 2.05) is 45.2 Å². The van der Waals surface area contributed by atoms with Gasteiger partial charge in [-0.15, -0.1) is 5.10 Å². The van der Waals surface area contributed by atoms with E-state index in [1.54, 1.807) is 12.0 Å². The van der Waals surface area contributed by atoms with Crippen molar-refractivity contribution in [1.82, 2.24) is 20.1 Å². The number of H-pyrrole nitrogens is 1. The van der Waals surface area contributed by atoms with E-state index in [1.165, 1.54) is 11.8 Å². The summed E-state index contributed by atoms with van der Waals surface area (Å²) in [5, 5.41) is 7.39. The van der Waals surface area contributed by atoms with Gasteiger partial charge in [0.1, 0.15) is 11.6 Å². The lowest BCUT2D eigenvalue weighted by Crippen LogP contribution is -2.37. The van der Waals surface area contributed by atoms with E-state index in [9.17, 15) is 4.79 Å². The molecule has 1 aromatic carbocycles. The number of nitrogens with one attached hydrogen (secondary N) is 1. The van der Waals surface area contributed by atoms with Gasteiger partial charge in [0.05, 0.1) is 12.9 Å². The molecule has 0 fully saturated rings. The lowest BCUT2D eigenvalue weighted by atomic mass is 10.1. The van der Waals surface area contributed by atoms with Crippen molar-refractivity contribution in [3.05, 3.63) is 35.7 Å². The van der Waals surface area contributed by atoms with Crippen LogP contribution in [0, 0.1) is 6.92 Å². The Morgan fingerprint density at radius 1 is 1.43 bits per heavy atom. The molecule has 0 radical (unpaired) electrons.